The molecule has 0 aromatic heterocycles. The fraction of sp³-hybridized carbons (Fsp3) is 0.516. The molecule has 3 amide bonds. The number of nitrogens with one attached hydrogen (secondary N) is 3. The van der Waals surface area contributed by atoms with Crippen molar-refractivity contribution < 1.29 is 77.3 Å². The molecule has 19 heteroatoms. The monoisotopic (exact) mass is 717 g/mol. The van der Waals surface area contributed by atoms with E-state index in [9.17, 15) is 38.7 Å². The molecule has 0 saturated carbocycles. The highest BCUT2D eigenvalue weighted by Crippen LogP contribution is 2.24. The second kappa shape index (κ2) is 26.4. The Bertz CT molecular complexity index is 1140. The Kier molecular flexibility index (Phi) is 24.5. The summed E-state index contributed by atoms with van der Waals surface area (Å²) in [5, 5.41) is 34.6. The molecule has 282 valence electrons. The van der Waals surface area contributed by atoms with E-state index in [1.54, 1.807) is 13.8 Å². The standard InChI is InChI=1S/C19H28N2O9.C12H19NO7/c1-5-14(4)27-10-8-20-17(25)29-12-19(7-3,16(23)24)13-30-18(26)21-9-11-28-15(22)6-2;1-3-9(15)19-6-5-13-11(18)20-8-12(4-2,7-14)10(16)17/h5-6H,1-2,4,7-13H2,3H3,(H,20,25)(H,21,26)(H,23,24);3,14H,1,4-8H2,2H3,(H,13,18)(H,16,17). The van der Waals surface area contributed by atoms with Gasteiger partial charge in [-0.25, -0.2) is 24.0 Å². The van der Waals surface area contributed by atoms with Crippen LogP contribution in [0.15, 0.2) is 50.3 Å². The number of rotatable bonds is 24. The highest BCUT2D eigenvalue weighted by atomic mass is 16.6. The van der Waals surface area contributed by atoms with Crippen molar-refractivity contribution in [2.45, 2.75) is 26.7 Å². The van der Waals surface area contributed by atoms with Gasteiger partial charge in [-0.05, 0) is 18.9 Å². The fourth-order valence-electron chi connectivity index (χ4n) is 2.95. The number of alkyl carbamates (subject to hydrolysis) is 3. The van der Waals surface area contributed by atoms with Gasteiger partial charge in [-0.1, -0.05) is 40.2 Å². The summed E-state index contributed by atoms with van der Waals surface area (Å²) in [7, 11) is 0. The number of aliphatic carboxylic acids is 2. The molecule has 19 nitrogen and oxygen atoms in total. The Hall–Kier alpha value is -5.59. The van der Waals surface area contributed by atoms with Crippen molar-refractivity contribution in [2.75, 3.05) is 65.9 Å². The number of aliphatic hydroxyl groups excluding tert-OH is 1. The number of carboxylic acids is 2. The number of carbonyl (C=O) groups excluding carboxylic acids is 5. The number of hydrogen-bond donors (Lipinski definition) is 6. The predicted octanol–water partition coefficient (Wildman–Crippen LogP) is 1.28. The number of carbonyl (C=O) groups is 7. The average molecular weight is 718 g/mol. The molecule has 0 aliphatic rings. The molecule has 0 heterocycles. The van der Waals surface area contributed by atoms with Crippen molar-refractivity contribution in [1.82, 2.24) is 16.0 Å². The van der Waals surface area contributed by atoms with Gasteiger partial charge in [-0.3, -0.25) is 9.59 Å². The number of allylic oxidation sites excluding steroid dienone is 1. The third-order valence-corrected chi connectivity index (χ3v) is 6.45. The van der Waals surface area contributed by atoms with Crippen molar-refractivity contribution >= 4 is 42.2 Å². The largest absolute Gasteiger partial charge is 0.492 e. The topological polar surface area (TPSA) is 272 Å². The zero-order valence-corrected chi connectivity index (χ0v) is 28.2. The Morgan fingerprint density at radius 3 is 1.20 bits per heavy atom. The molecule has 0 spiro atoms. The van der Waals surface area contributed by atoms with Crippen LogP contribution in [0.4, 0.5) is 14.4 Å². The van der Waals surface area contributed by atoms with Crippen molar-refractivity contribution in [3.8, 4) is 0 Å². The van der Waals surface area contributed by atoms with E-state index in [1.165, 1.54) is 6.08 Å². The lowest BCUT2D eigenvalue weighted by molar-refractivity contribution is -0.156. The van der Waals surface area contributed by atoms with E-state index in [-0.39, 0.29) is 52.3 Å². The minimum atomic E-state index is -1.63. The van der Waals surface area contributed by atoms with Crippen LogP contribution in [-0.2, 0) is 47.6 Å². The van der Waals surface area contributed by atoms with Crippen LogP contribution in [0.25, 0.3) is 0 Å². The van der Waals surface area contributed by atoms with E-state index in [2.05, 4.69) is 51.7 Å². The van der Waals surface area contributed by atoms with Crippen LogP contribution in [0.2, 0.25) is 0 Å². The van der Waals surface area contributed by atoms with Crippen LogP contribution in [0.5, 0.6) is 0 Å². The highest BCUT2D eigenvalue weighted by molar-refractivity contribution is 5.81. The SMILES string of the molecule is C=CC(=C)OCCNC(=O)OCC(CC)(COC(=O)NCCOC(=O)C=C)C(=O)O.C=CC(=O)OCCNC(=O)OCC(CC)(CO)C(=O)O. The van der Waals surface area contributed by atoms with Crippen molar-refractivity contribution in [2.24, 2.45) is 10.8 Å². The maximum absolute atomic E-state index is 11.7. The molecule has 0 radical (unpaired) electrons. The third kappa shape index (κ3) is 19.9. The van der Waals surface area contributed by atoms with E-state index in [0.29, 0.717) is 5.76 Å². The summed E-state index contributed by atoms with van der Waals surface area (Å²) in [4.78, 5) is 79.0. The second-order valence-corrected chi connectivity index (χ2v) is 9.81. The van der Waals surface area contributed by atoms with Crippen molar-refractivity contribution in [3.05, 3.63) is 50.3 Å². The van der Waals surface area contributed by atoms with Gasteiger partial charge >= 0.3 is 42.2 Å². The summed E-state index contributed by atoms with van der Waals surface area (Å²) in [5.74, 6) is -3.45. The lowest BCUT2D eigenvalue weighted by Crippen LogP contribution is -2.43. The van der Waals surface area contributed by atoms with Crippen molar-refractivity contribution in [3.63, 3.8) is 0 Å². The van der Waals surface area contributed by atoms with Gasteiger partial charge in [-0.15, -0.1) is 0 Å². The van der Waals surface area contributed by atoms with E-state index in [4.69, 9.17) is 29.2 Å². The average Bonchev–Trinajstić information content (AvgIpc) is 3.10. The van der Waals surface area contributed by atoms with Gasteiger partial charge in [0, 0.05) is 12.2 Å². The molecule has 2 atom stereocenters. The first kappa shape index (κ1) is 46.5. The predicted molar refractivity (Wildman–Crippen MR) is 173 cm³/mol. The number of amides is 3. The number of aliphatic hydroxyl groups is 1. The minimum absolute atomic E-state index is 0.0176. The number of ether oxygens (including phenoxy) is 6. The smallest absolute Gasteiger partial charge is 0.407 e. The second-order valence-electron chi connectivity index (χ2n) is 9.81. The minimum Gasteiger partial charge on any atom is -0.492 e. The Labute approximate surface area is 289 Å². The van der Waals surface area contributed by atoms with Gasteiger partial charge in [0.25, 0.3) is 0 Å². The molecule has 0 bridgehead atoms. The van der Waals surface area contributed by atoms with E-state index >= 15 is 0 Å². The third-order valence-electron chi connectivity index (χ3n) is 6.45. The summed E-state index contributed by atoms with van der Waals surface area (Å²) in [5.41, 5.74) is -3.13. The molecule has 0 aliphatic heterocycles. The molecule has 0 aromatic carbocycles. The Balaban J connectivity index is 0. The summed E-state index contributed by atoms with van der Waals surface area (Å²) in [6.07, 6.45) is 0.898. The maximum Gasteiger partial charge on any atom is 0.407 e. The number of carboxylic acid groups (broad SMARTS) is 2. The van der Waals surface area contributed by atoms with Gasteiger partial charge in [0.1, 0.15) is 56.2 Å². The fourth-order valence-corrected chi connectivity index (χ4v) is 2.95. The van der Waals surface area contributed by atoms with Gasteiger partial charge in [0.2, 0.25) is 0 Å². The Morgan fingerprint density at radius 2 is 0.920 bits per heavy atom. The van der Waals surface area contributed by atoms with E-state index < -0.39 is 79.4 Å². The van der Waals surface area contributed by atoms with Gasteiger partial charge in [0.15, 0.2) is 0 Å². The lowest BCUT2D eigenvalue weighted by Gasteiger charge is -2.27. The molecule has 0 fully saturated rings. The van der Waals surface area contributed by atoms with Crippen molar-refractivity contribution in [1.29, 1.82) is 0 Å². The summed E-state index contributed by atoms with van der Waals surface area (Å²) in [6, 6.07) is 0. The molecular weight excluding hydrogens is 670 g/mol. The van der Waals surface area contributed by atoms with Crippen LogP contribution in [0.1, 0.15) is 26.7 Å². The molecule has 2 unspecified atom stereocenters. The lowest BCUT2D eigenvalue weighted by atomic mass is 9.87. The molecule has 0 saturated heterocycles. The normalized spacial score (nSPS) is 12.2. The summed E-state index contributed by atoms with van der Waals surface area (Å²) in [6.45, 7) is 14.5. The maximum atomic E-state index is 11.7. The summed E-state index contributed by atoms with van der Waals surface area (Å²) >= 11 is 0. The molecule has 0 aromatic rings. The number of hydrogen-bond acceptors (Lipinski definition) is 14. The molecule has 6 N–H and O–H groups in total. The van der Waals surface area contributed by atoms with Crippen LogP contribution >= 0.6 is 0 Å². The quantitative estimate of drug-likeness (QED) is 0.0205. The first-order chi connectivity index (χ1) is 23.6. The Morgan fingerprint density at radius 1 is 0.580 bits per heavy atom. The number of esters is 2. The van der Waals surface area contributed by atoms with Gasteiger partial charge in [0.05, 0.1) is 26.2 Å². The van der Waals surface area contributed by atoms with Gasteiger partial charge < -0.3 is 59.7 Å². The van der Waals surface area contributed by atoms with Crippen LogP contribution in [0, 0.1) is 10.8 Å². The van der Waals surface area contributed by atoms with Crippen LogP contribution in [-0.4, -0.2) is 123 Å². The highest BCUT2D eigenvalue weighted by Gasteiger charge is 2.40. The summed E-state index contributed by atoms with van der Waals surface area (Å²) < 4.78 is 29.0. The van der Waals surface area contributed by atoms with E-state index in [1.807, 2.05) is 0 Å². The zero-order valence-electron chi connectivity index (χ0n) is 28.2. The van der Waals surface area contributed by atoms with Crippen LogP contribution in [0.3, 0.4) is 0 Å². The first-order valence-electron chi connectivity index (χ1n) is 14.9. The molecule has 0 rings (SSSR count). The van der Waals surface area contributed by atoms with Crippen LogP contribution < -0.4 is 16.0 Å². The van der Waals surface area contributed by atoms with E-state index in [0.717, 1.165) is 12.2 Å². The zero-order chi connectivity index (χ0) is 38.6. The molecule has 50 heavy (non-hydrogen) atoms. The van der Waals surface area contributed by atoms with Gasteiger partial charge in [-0.2, -0.15) is 0 Å². The molecular formula is C31H47N3O16. The molecule has 0 aliphatic carbocycles. The first-order valence-corrected chi connectivity index (χ1v) is 14.9.